The summed E-state index contributed by atoms with van der Waals surface area (Å²) in [5, 5.41) is 0.395. The molecule has 0 amide bonds. The highest BCUT2D eigenvalue weighted by molar-refractivity contribution is 6.34. The molecule has 0 spiro atoms. The Morgan fingerprint density at radius 3 is 2.81 bits per heavy atom. The Kier molecular flexibility index (Phi) is 3.18. The molecule has 3 rings (SSSR count). The van der Waals surface area contributed by atoms with E-state index in [-0.39, 0.29) is 11.4 Å². The van der Waals surface area contributed by atoms with Crippen molar-refractivity contribution in [3.8, 4) is 5.75 Å². The predicted molar refractivity (Wildman–Crippen MR) is 84.1 cm³/mol. The van der Waals surface area contributed by atoms with Crippen LogP contribution in [0.3, 0.4) is 0 Å². The van der Waals surface area contributed by atoms with Crippen LogP contribution in [0.25, 0.3) is 0 Å². The average molecular weight is 302 g/mol. The fraction of sp³-hybridized carbons (Fsp3) is 0.235. The third kappa shape index (κ3) is 2.49. The van der Waals surface area contributed by atoms with E-state index in [2.05, 4.69) is 0 Å². The van der Waals surface area contributed by atoms with E-state index in [4.69, 9.17) is 22.1 Å². The minimum absolute atomic E-state index is 0.123. The number of halogens is 1. The second-order valence-corrected chi connectivity index (χ2v) is 6.30. The summed E-state index contributed by atoms with van der Waals surface area (Å²) >= 11 is 5.98. The van der Waals surface area contributed by atoms with Crippen LogP contribution in [0.2, 0.25) is 5.02 Å². The molecule has 2 aromatic carbocycles. The molecular weight excluding hydrogens is 286 g/mol. The number of rotatable bonds is 2. The average Bonchev–Trinajstić information content (AvgIpc) is 2.73. The largest absolute Gasteiger partial charge is 0.487 e. The molecule has 0 aromatic heterocycles. The van der Waals surface area contributed by atoms with Gasteiger partial charge in [-0.15, -0.1) is 0 Å². The van der Waals surface area contributed by atoms with Crippen molar-refractivity contribution in [2.24, 2.45) is 0 Å². The van der Waals surface area contributed by atoms with Crippen molar-refractivity contribution in [2.75, 3.05) is 5.73 Å². The lowest BCUT2D eigenvalue weighted by Gasteiger charge is -2.16. The highest BCUT2D eigenvalue weighted by Gasteiger charge is 2.30. The number of nitrogens with two attached hydrogens (primary N) is 1. The Bertz CT molecular complexity index is 738. The number of ether oxygens (including phenoxy) is 1. The van der Waals surface area contributed by atoms with E-state index in [1.54, 1.807) is 24.3 Å². The molecule has 0 fully saturated rings. The van der Waals surface area contributed by atoms with Crippen molar-refractivity contribution >= 4 is 23.1 Å². The normalized spacial score (nSPS) is 15.4. The molecule has 108 valence electrons. The molecule has 3 nitrogen and oxygen atoms in total. The maximum Gasteiger partial charge on any atom is 0.195 e. The summed E-state index contributed by atoms with van der Waals surface area (Å²) in [6.07, 6.45) is 0.786. The Hall–Kier alpha value is -2.00. The van der Waals surface area contributed by atoms with Gasteiger partial charge in [-0.05, 0) is 49.7 Å². The molecule has 1 aliphatic heterocycles. The summed E-state index contributed by atoms with van der Waals surface area (Å²) in [6.45, 7) is 4.06. The summed E-state index contributed by atoms with van der Waals surface area (Å²) in [5.41, 5.74) is 8.08. The van der Waals surface area contributed by atoms with E-state index in [1.165, 1.54) is 0 Å². The van der Waals surface area contributed by atoms with Crippen molar-refractivity contribution in [3.63, 3.8) is 0 Å². The maximum atomic E-state index is 12.6. The molecule has 4 heteroatoms. The second-order valence-electron chi connectivity index (χ2n) is 5.89. The first-order valence-electron chi connectivity index (χ1n) is 6.78. The van der Waals surface area contributed by atoms with Gasteiger partial charge in [-0.1, -0.05) is 17.7 Å². The monoisotopic (exact) mass is 301 g/mol. The topological polar surface area (TPSA) is 52.3 Å². The van der Waals surface area contributed by atoms with E-state index < -0.39 is 0 Å². The van der Waals surface area contributed by atoms with Gasteiger partial charge in [0.25, 0.3) is 0 Å². The fourth-order valence-corrected chi connectivity index (χ4v) is 2.82. The van der Waals surface area contributed by atoms with Crippen LogP contribution < -0.4 is 10.5 Å². The van der Waals surface area contributed by atoms with Crippen molar-refractivity contribution < 1.29 is 9.53 Å². The van der Waals surface area contributed by atoms with Crippen LogP contribution in [0.15, 0.2) is 36.4 Å². The number of para-hydroxylation sites is 1. The molecule has 0 radical (unpaired) electrons. The van der Waals surface area contributed by atoms with Gasteiger partial charge in [-0.2, -0.15) is 0 Å². The summed E-state index contributed by atoms with van der Waals surface area (Å²) in [5.74, 6) is 0.720. The zero-order valence-electron chi connectivity index (χ0n) is 11.9. The summed E-state index contributed by atoms with van der Waals surface area (Å²) in [7, 11) is 0. The van der Waals surface area contributed by atoms with Crippen LogP contribution in [0.5, 0.6) is 5.75 Å². The molecule has 1 heterocycles. The lowest BCUT2D eigenvalue weighted by Crippen LogP contribution is -2.24. The van der Waals surface area contributed by atoms with Crippen molar-refractivity contribution in [3.05, 3.63) is 58.1 Å². The quantitative estimate of drug-likeness (QED) is 0.677. The second kappa shape index (κ2) is 4.78. The number of nitrogen functional groups attached to an aromatic ring is 1. The van der Waals surface area contributed by atoms with Gasteiger partial charge in [0.05, 0.1) is 10.7 Å². The summed E-state index contributed by atoms with van der Waals surface area (Å²) in [6, 6.07) is 10.6. The minimum atomic E-state index is -0.223. The third-order valence-corrected chi connectivity index (χ3v) is 3.95. The molecule has 0 saturated carbocycles. The van der Waals surface area contributed by atoms with E-state index in [0.717, 1.165) is 17.7 Å². The highest BCUT2D eigenvalue weighted by atomic mass is 35.5. The van der Waals surface area contributed by atoms with Crippen LogP contribution in [0.4, 0.5) is 5.69 Å². The van der Waals surface area contributed by atoms with Gasteiger partial charge in [-0.25, -0.2) is 0 Å². The summed E-state index contributed by atoms with van der Waals surface area (Å²) in [4.78, 5) is 12.6. The SMILES string of the molecule is CC1(C)Cc2cc(C(=O)c3cccc(Cl)c3N)ccc2O1. The van der Waals surface area contributed by atoms with Gasteiger partial charge < -0.3 is 10.5 Å². The molecule has 0 aliphatic carbocycles. The van der Waals surface area contributed by atoms with E-state index in [9.17, 15) is 4.79 Å². The number of carbonyl (C=O) groups excluding carboxylic acids is 1. The van der Waals surface area contributed by atoms with Crippen LogP contribution in [-0.2, 0) is 6.42 Å². The molecule has 0 saturated heterocycles. The first-order chi connectivity index (χ1) is 9.87. The molecule has 0 bridgehead atoms. The molecular formula is C17H16ClNO2. The van der Waals surface area contributed by atoms with Crippen LogP contribution >= 0.6 is 11.6 Å². The van der Waals surface area contributed by atoms with E-state index in [0.29, 0.717) is 21.8 Å². The van der Waals surface area contributed by atoms with Gasteiger partial charge in [-0.3, -0.25) is 4.79 Å². The van der Waals surface area contributed by atoms with Crippen LogP contribution in [-0.4, -0.2) is 11.4 Å². The van der Waals surface area contributed by atoms with E-state index in [1.807, 2.05) is 26.0 Å². The van der Waals surface area contributed by atoms with Gasteiger partial charge in [0.15, 0.2) is 5.78 Å². The molecule has 21 heavy (non-hydrogen) atoms. The lowest BCUT2D eigenvalue weighted by molar-refractivity contribution is 0.103. The number of carbonyl (C=O) groups is 1. The Labute approximate surface area is 128 Å². The van der Waals surface area contributed by atoms with Crippen LogP contribution in [0.1, 0.15) is 35.3 Å². The van der Waals surface area contributed by atoms with Crippen LogP contribution in [0, 0.1) is 0 Å². The van der Waals surface area contributed by atoms with Gasteiger partial charge in [0, 0.05) is 17.5 Å². The lowest BCUT2D eigenvalue weighted by atomic mass is 9.96. The first-order valence-corrected chi connectivity index (χ1v) is 7.16. The Balaban J connectivity index is 1.99. The number of fused-ring (bicyclic) bond motifs is 1. The highest BCUT2D eigenvalue weighted by Crippen LogP contribution is 2.36. The first kappa shape index (κ1) is 14.0. The number of hydrogen-bond acceptors (Lipinski definition) is 3. The van der Waals surface area contributed by atoms with Crippen molar-refractivity contribution in [1.29, 1.82) is 0 Å². The Morgan fingerprint density at radius 1 is 1.29 bits per heavy atom. The number of benzene rings is 2. The zero-order chi connectivity index (χ0) is 15.2. The molecule has 0 atom stereocenters. The van der Waals surface area contributed by atoms with Gasteiger partial charge in [0.1, 0.15) is 11.4 Å². The van der Waals surface area contributed by atoms with Crippen molar-refractivity contribution in [1.82, 2.24) is 0 Å². The minimum Gasteiger partial charge on any atom is -0.487 e. The number of ketones is 1. The maximum absolute atomic E-state index is 12.6. The number of anilines is 1. The van der Waals surface area contributed by atoms with Gasteiger partial charge >= 0.3 is 0 Å². The smallest absolute Gasteiger partial charge is 0.195 e. The third-order valence-electron chi connectivity index (χ3n) is 3.62. The van der Waals surface area contributed by atoms with Gasteiger partial charge in [0.2, 0.25) is 0 Å². The molecule has 0 unspecified atom stereocenters. The zero-order valence-corrected chi connectivity index (χ0v) is 12.7. The standard InChI is InChI=1S/C17H16ClNO2/c1-17(2)9-11-8-10(6-7-14(11)21-17)16(20)12-4-3-5-13(18)15(12)19/h3-8H,9,19H2,1-2H3. The Morgan fingerprint density at radius 2 is 2.05 bits per heavy atom. The summed E-state index contributed by atoms with van der Waals surface area (Å²) < 4.78 is 5.82. The van der Waals surface area contributed by atoms with E-state index >= 15 is 0 Å². The molecule has 2 N–H and O–H groups in total. The predicted octanol–water partition coefficient (Wildman–Crippen LogP) is 3.87. The fourth-order valence-electron chi connectivity index (χ4n) is 2.64. The molecule has 2 aromatic rings. The number of hydrogen-bond donors (Lipinski definition) is 1. The van der Waals surface area contributed by atoms with Crippen molar-refractivity contribution in [2.45, 2.75) is 25.9 Å². The molecule has 1 aliphatic rings.